The van der Waals surface area contributed by atoms with Crippen molar-refractivity contribution in [1.82, 2.24) is 5.32 Å². The predicted molar refractivity (Wildman–Crippen MR) is 52.3 cm³/mol. The Morgan fingerprint density at radius 2 is 2.15 bits per heavy atom. The lowest BCUT2D eigenvalue weighted by molar-refractivity contribution is -0.123. The number of rotatable bonds is 6. The van der Waals surface area contributed by atoms with E-state index in [4.69, 9.17) is 10.5 Å². The highest BCUT2D eigenvalue weighted by Crippen LogP contribution is 1.95. The second kappa shape index (κ2) is 6.86. The van der Waals surface area contributed by atoms with Gasteiger partial charge in [-0.15, -0.1) is 0 Å². The largest absolute Gasteiger partial charge is 0.380 e. The number of carbonyl (C=O) groups is 1. The van der Waals surface area contributed by atoms with Crippen LogP contribution in [0.3, 0.4) is 0 Å². The molecule has 0 aromatic carbocycles. The fraction of sp³-hybridized carbons (Fsp3) is 0.889. The van der Waals surface area contributed by atoms with Crippen LogP contribution in [0, 0.1) is 5.92 Å². The summed E-state index contributed by atoms with van der Waals surface area (Å²) in [5.41, 5.74) is 5.38. The highest BCUT2D eigenvalue weighted by Gasteiger charge is 2.10. The predicted octanol–water partition coefficient (Wildman–Crippen LogP) is 0.122. The third-order valence-corrected chi connectivity index (χ3v) is 1.72. The Morgan fingerprint density at radius 3 is 2.54 bits per heavy atom. The van der Waals surface area contributed by atoms with Crippen molar-refractivity contribution in [2.45, 2.75) is 26.4 Å². The molecule has 1 amide bonds. The van der Waals surface area contributed by atoms with E-state index in [0.29, 0.717) is 25.4 Å². The fourth-order valence-corrected chi connectivity index (χ4v) is 0.860. The molecule has 4 heteroatoms. The van der Waals surface area contributed by atoms with Crippen molar-refractivity contribution in [3.05, 3.63) is 0 Å². The van der Waals surface area contributed by atoms with Crippen LogP contribution in [-0.2, 0) is 9.53 Å². The summed E-state index contributed by atoms with van der Waals surface area (Å²) in [6.07, 6.45) is 0.187. The van der Waals surface area contributed by atoms with Gasteiger partial charge in [0.15, 0.2) is 0 Å². The molecule has 1 unspecified atom stereocenters. The van der Waals surface area contributed by atoms with Crippen molar-refractivity contribution < 1.29 is 9.53 Å². The minimum atomic E-state index is -0.160. The number of hydrogen-bond acceptors (Lipinski definition) is 3. The van der Waals surface area contributed by atoms with Crippen molar-refractivity contribution in [3.8, 4) is 0 Å². The third-order valence-electron chi connectivity index (χ3n) is 1.72. The zero-order valence-electron chi connectivity index (χ0n) is 8.67. The maximum absolute atomic E-state index is 11.2. The Kier molecular flexibility index (Phi) is 6.54. The fourth-order valence-electron chi connectivity index (χ4n) is 0.860. The van der Waals surface area contributed by atoms with Crippen molar-refractivity contribution in [3.63, 3.8) is 0 Å². The summed E-state index contributed by atoms with van der Waals surface area (Å²) in [5.74, 6) is 0.480. The summed E-state index contributed by atoms with van der Waals surface area (Å²) in [4.78, 5) is 11.2. The molecule has 0 heterocycles. The quantitative estimate of drug-likeness (QED) is 0.622. The molecule has 0 aromatic heterocycles. The van der Waals surface area contributed by atoms with Gasteiger partial charge >= 0.3 is 0 Å². The lowest BCUT2D eigenvalue weighted by atomic mass is 10.2. The molecule has 13 heavy (non-hydrogen) atoms. The highest BCUT2D eigenvalue weighted by atomic mass is 16.5. The molecular formula is C9H20N2O2. The SMILES string of the molecule is COC(CN)CC(=O)NCC(C)C. The number of methoxy groups -OCH3 is 1. The second-order valence-electron chi connectivity index (χ2n) is 3.50. The van der Waals surface area contributed by atoms with Gasteiger partial charge in [-0.1, -0.05) is 13.8 Å². The zero-order chi connectivity index (χ0) is 10.3. The molecule has 0 aromatic rings. The van der Waals surface area contributed by atoms with Crippen LogP contribution in [0.15, 0.2) is 0 Å². The van der Waals surface area contributed by atoms with Crippen LogP contribution in [0.2, 0.25) is 0 Å². The van der Waals surface area contributed by atoms with Gasteiger partial charge in [0.1, 0.15) is 0 Å². The van der Waals surface area contributed by atoms with E-state index in [0.717, 1.165) is 0 Å². The van der Waals surface area contributed by atoms with Crippen LogP contribution in [0.4, 0.5) is 0 Å². The maximum Gasteiger partial charge on any atom is 0.222 e. The summed E-state index contributed by atoms with van der Waals surface area (Å²) in [6, 6.07) is 0. The summed E-state index contributed by atoms with van der Waals surface area (Å²) in [5, 5.41) is 2.81. The van der Waals surface area contributed by atoms with Gasteiger partial charge in [0, 0.05) is 20.2 Å². The molecule has 0 spiro atoms. The standard InChI is InChI=1S/C9H20N2O2/c1-7(2)6-11-9(12)4-8(5-10)13-3/h7-8H,4-6,10H2,1-3H3,(H,11,12). The van der Waals surface area contributed by atoms with E-state index in [1.807, 2.05) is 0 Å². The molecule has 0 aliphatic rings. The molecule has 0 aliphatic carbocycles. The van der Waals surface area contributed by atoms with Crippen molar-refractivity contribution in [2.24, 2.45) is 11.7 Å². The Morgan fingerprint density at radius 1 is 1.54 bits per heavy atom. The number of amides is 1. The van der Waals surface area contributed by atoms with Crippen LogP contribution in [0.5, 0.6) is 0 Å². The van der Waals surface area contributed by atoms with E-state index in [1.54, 1.807) is 7.11 Å². The first-order valence-corrected chi connectivity index (χ1v) is 4.59. The molecule has 1 atom stereocenters. The van der Waals surface area contributed by atoms with Gasteiger partial charge in [-0.2, -0.15) is 0 Å². The molecule has 3 N–H and O–H groups in total. The lowest BCUT2D eigenvalue weighted by Gasteiger charge is -2.13. The van der Waals surface area contributed by atoms with Gasteiger partial charge in [0.2, 0.25) is 5.91 Å². The Hall–Kier alpha value is -0.610. The Balaban J connectivity index is 3.60. The molecule has 0 saturated carbocycles. The maximum atomic E-state index is 11.2. The van der Waals surface area contributed by atoms with Crippen molar-refractivity contribution in [2.75, 3.05) is 20.2 Å². The topological polar surface area (TPSA) is 64.3 Å². The van der Waals surface area contributed by atoms with Gasteiger partial charge in [-0.05, 0) is 5.92 Å². The number of ether oxygens (including phenoxy) is 1. The van der Waals surface area contributed by atoms with Crippen LogP contribution < -0.4 is 11.1 Å². The van der Waals surface area contributed by atoms with Gasteiger partial charge in [-0.3, -0.25) is 4.79 Å². The highest BCUT2D eigenvalue weighted by molar-refractivity contribution is 5.76. The number of nitrogens with two attached hydrogens (primary N) is 1. The second-order valence-corrected chi connectivity index (χ2v) is 3.50. The van der Waals surface area contributed by atoms with Gasteiger partial charge in [0.25, 0.3) is 0 Å². The van der Waals surface area contributed by atoms with Gasteiger partial charge < -0.3 is 15.8 Å². The monoisotopic (exact) mass is 188 g/mol. The van der Waals surface area contributed by atoms with Gasteiger partial charge in [-0.25, -0.2) is 0 Å². The van der Waals surface area contributed by atoms with E-state index in [2.05, 4.69) is 19.2 Å². The molecule has 0 rings (SSSR count). The molecule has 0 radical (unpaired) electrons. The Labute approximate surface area is 79.8 Å². The van der Waals surface area contributed by atoms with E-state index < -0.39 is 0 Å². The molecule has 4 nitrogen and oxygen atoms in total. The minimum absolute atomic E-state index is 0.00556. The normalized spacial score (nSPS) is 13.0. The average Bonchev–Trinajstić information content (AvgIpc) is 2.10. The first-order chi connectivity index (χ1) is 6.10. The molecule has 0 bridgehead atoms. The van der Waals surface area contributed by atoms with E-state index >= 15 is 0 Å². The number of nitrogens with one attached hydrogen (secondary N) is 1. The summed E-state index contributed by atoms with van der Waals surface area (Å²) < 4.78 is 4.99. The van der Waals surface area contributed by atoms with Crippen molar-refractivity contribution in [1.29, 1.82) is 0 Å². The van der Waals surface area contributed by atoms with E-state index in [1.165, 1.54) is 0 Å². The van der Waals surface area contributed by atoms with E-state index in [-0.39, 0.29) is 12.0 Å². The molecule has 0 fully saturated rings. The van der Waals surface area contributed by atoms with Gasteiger partial charge in [0.05, 0.1) is 12.5 Å². The number of carbonyl (C=O) groups excluding carboxylic acids is 1. The number of hydrogen-bond donors (Lipinski definition) is 2. The molecule has 0 saturated heterocycles. The molecule has 0 aliphatic heterocycles. The average molecular weight is 188 g/mol. The van der Waals surface area contributed by atoms with Crippen LogP contribution in [0.1, 0.15) is 20.3 Å². The van der Waals surface area contributed by atoms with Crippen LogP contribution in [-0.4, -0.2) is 32.2 Å². The summed E-state index contributed by atoms with van der Waals surface area (Å²) >= 11 is 0. The molecule has 78 valence electrons. The smallest absolute Gasteiger partial charge is 0.222 e. The Bertz CT molecular complexity index is 145. The summed E-state index contributed by atoms with van der Waals surface area (Å²) in [6.45, 7) is 5.19. The first kappa shape index (κ1) is 12.4. The van der Waals surface area contributed by atoms with Crippen molar-refractivity contribution >= 4 is 5.91 Å². The first-order valence-electron chi connectivity index (χ1n) is 4.59. The minimum Gasteiger partial charge on any atom is -0.380 e. The van der Waals surface area contributed by atoms with Crippen LogP contribution >= 0.6 is 0 Å². The van der Waals surface area contributed by atoms with Crippen LogP contribution in [0.25, 0.3) is 0 Å². The third kappa shape index (κ3) is 6.54. The molecular weight excluding hydrogens is 168 g/mol. The van der Waals surface area contributed by atoms with E-state index in [9.17, 15) is 4.79 Å². The summed E-state index contributed by atoms with van der Waals surface area (Å²) in [7, 11) is 1.56. The zero-order valence-corrected chi connectivity index (χ0v) is 8.67. The lowest BCUT2D eigenvalue weighted by Crippen LogP contribution is -2.33.